The maximum absolute atomic E-state index is 12.8. The molecular formula is C28H41N3O2S. The molecule has 1 amide bonds. The van der Waals surface area contributed by atoms with E-state index in [0.717, 1.165) is 62.0 Å². The summed E-state index contributed by atoms with van der Waals surface area (Å²) in [5.41, 5.74) is 3.32. The zero-order chi connectivity index (χ0) is 23.4. The quantitative estimate of drug-likeness (QED) is 0.550. The molecule has 1 saturated carbocycles. The highest BCUT2D eigenvalue weighted by molar-refractivity contribution is 7.13. The predicted octanol–water partition coefficient (Wildman–Crippen LogP) is 5.97. The molecule has 34 heavy (non-hydrogen) atoms. The van der Waals surface area contributed by atoms with Crippen LogP contribution in [0, 0.1) is 0 Å². The zero-order valence-electron chi connectivity index (χ0n) is 20.6. The third kappa shape index (κ3) is 8.47. The number of rotatable bonds is 6. The molecular weight excluding hydrogens is 442 g/mol. The molecule has 0 spiro atoms. The van der Waals surface area contributed by atoms with Gasteiger partial charge < -0.3 is 10.1 Å². The minimum atomic E-state index is 0.120. The predicted molar refractivity (Wildman–Crippen MR) is 140 cm³/mol. The summed E-state index contributed by atoms with van der Waals surface area (Å²) in [6, 6.07) is 8.98. The van der Waals surface area contributed by atoms with Crippen LogP contribution in [0.5, 0.6) is 0 Å². The molecule has 5 nitrogen and oxygen atoms in total. The highest BCUT2D eigenvalue weighted by atomic mass is 32.1. The summed E-state index contributed by atoms with van der Waals surface area (Å²) in [6.07, 6.45) is 14.5. The Morgan fingerprint density at radius 1 is 1.00 bits per heavy atom. The summed E-state index contributed by atoms with van der Waals surface area (Å²) in [5.74, 6) is 0.120. The average molecular weight is 484 g/mol. The molecule has 1 aromatic carbocycles. The van der Waals surface area contributed by atoms with Crippen LogP contribution >= 0.6 is 11.3 Å². The van der Waals surface area contributed by atoms with E-state index in [1.807, 2.05) is 5.38 Å². The molecule has 0 radical (unpaired) electrons. The number of amides is 1. The van der Waals surface area contributed by atoms with Gasteiger partial charge in [0.25, 0.3) is 0 Å². The molecule has 1 saturated heterocycles. The summed E-state index contributed by atoms with van der Waals surface area (Å²) in [4.78, 5) is 20.1. The van der Waals surface area contributed by atoms with Gasteiger partial charge in [-0.1, -0.05) is 76.0 Å². The molecule has 2 aromatic rings. The van der Waals surface area contributed by atoms with Gasteiger partial charge in [-0.25, -0.2) is 4.98 Å². The largest absolute Gasteiger partial charge is 0.379 e. The number of nitrogens with zero attached hydrogens (tertiary/aromatic N) is 2. The Balaban J connectivity index is 1.29. The van der Waals surface area contributed by atoms with Crippen molar-refractivity contribution in [3.8, 4) is 10.6 Å². The van der Waals surface area contributed by atoms with Crippen molar-refractivity contribution in [1.82, 2.24) is 15.2 Å². The second-order valence-electron chi connectivity index (χ2n) is 9.93. The first-order valence-electron chi connectivity index (χ1n) is 13.4. The highest BCUT2D eigenvalue weighted by Crippen LogP contribution is 2.25. The van der Waals surface area contributed by atoms with Gasteiger partial charge in [0.05, 0.1) is 25.3 Å². The first-order chi connectivity index (χ1) is 16.8. The van der Waals surface area contributed by atoms with Crippen molar-refractivity contribution in [1.29, 1.82) is 0 Å². The number of hydrogen-bond acceptors (Lipinski definition) is 5. The Hall–Kier alpha value is -1.76. The van der Waals surface area contributed by atoms with Gasteiger partial charge in [-0.3, -0.25) is 9.69 Å². The summed E-state index contributed by atoms with van der Waals surface area (Å²) in [7, 11) is 0. The van der Waals surface area contributed by atoms with Crippen LogP contribution in [-0.4, -0.2) is 48.1 Å². The second-order valence-corrected chi connectivity index (χ2v) is 10.8. The van der Waals surface area contributed by atoms with Crippen LogP contribution in [0.4, 0.5) is 0 Å². The number of hydrogen-bond donors (Lipinski definition) is 1. The fourth-order valence-electron chi connectivity index (χ4n) is 5.09. The lowest BCUT2D eigenvalue weighted by molar-refractivity contribution is -0.121. The van der Waals surface area contributed by atoms with Crippen LogP contribution in [0.1, 0.15) is 81.9 Å². The summed E-state index contributed by atoms with van der Waals surface area (Å²) in [5, 5.41) is 6.38. The molecule has 1 aromatic heterocycles. The van der Waals surface area contributed by atoms with Gasteiger partial charge in [0.15, 0.2) is 0 Å². The lowest BCUT2D eigenvalue weighted by Crippen LogP contribution is -2.36. The molecule has 2 fully saturated rings. The Bertz CT molecular complexity index is 866. The maximum atomic E-state index is 12.8. The third-order valence-corrected chi connectivity index (χ3v) is 7.99. The van der Waals surface area contributed by atoms with E-state index in [0.29, 0.717) is 12.5 Å². The molecule has 2 heterocycles. The Labute approximate surface area is 209 Å². The zero-order valence-corrected chi connectivity index (χ0v) is 21.4. The molecule has 186 valence electrons. The number of carbonyl (C=O) groups is 1. The molecule has 0 bridgehead atoms. The minimum Gasteiger partial charge on any atom is -0.379 e. The van der Waals surface area contributed by atoms with Crippen LogP contribution in [0.3, 0.4) is 0 Å². The van der Waals surface area contributed by atoms with Crippen molar-refractivity contribution in [2.24, 2.45) is 0 Å². The van der Waals surface area contributed by atoms with Gasteiger partial charge in [0.2, 0.25) is 5.91 Å². The van der Waals surface area contributed by atoms with Crippen molar-refractivity contribution in [3.05, 3.63) is 40.9 Å². The van der Waals surface area contributed by atoms with Crippen LogP contribution in [0.25, 0.3) is 10.6 Å². The average Bonchev–Trinajstić information content (AvgIpc) is 3.30. The van der Waals surface area contributed by atoms with E-state index >= 15 is 0 Å². The van der Waals surface area contributed by atoms with E-state index in [1.54, 1.807) is 11.3 Å². The van der Waals surface area contributed by atoms with Crippen LogP contribution in [0.2, 0.25) is 0 Å². The summed E-state index contributed by atoms with van der Waals surface area (Å²) in [6.45, 7) is 4.56. The van der Waals surface area contributed by atoms with Crippen molar-refractivity contribution < 1.29 is 9.53 Å². The number of carbonyl (C=O) groups excluding carboxylic acids is 1. The molecule has 1 aliphatic heterocycles. The normalized spacial score (nSPS) is 19.8. The molecule has 6 heteroatoms. The van der Waals surface area contributed by atoms with Gasteiger partial charge in [0, 0.05) is 36.6 Å². The van der Waals surface area contributed by atoms with Crippen LogP contribution < -0.4 is 5.32 Å². The first kappa shape index (κ1) is 25.3. The maximum Gasteiger partial charge on any atom is 0.226 e. The fourth-order valence-corrected chi connectivity index (χ4v) is 5.91. The number of ether oxygens (including phenoxy) is 1. The van der Waals surface area contributed by atoms with Crippen molar-refractivity contribution in [2.45, 2.75) is 89.6 Å². The van der Waals surface area contributed by atoms with Crippen molar-refractivity contribution >= 4 is 17.2 Å². The topological polar surface area (TPSA) is 54.5 Å². The Morgan fingerprint density at radius 2 is 1.68 bits per heavy atom. The fraction of sp³-hybridized carbons (Fsp3) is 0.643. The molecule has 4 rings (SSSR count). The SMILES string of the molecule is O=C(Cc1csc(-c2cccc(CN3CCOCC3)c2)n1)NC1CCCCCCCCCCC1. The summed E-state index contributed by atoms with van der Waals surface area (Å²) < 4.78 is 5.46. The van der Waals surface area contributed by atoms with E-state index in [1.165, 1.54) is 63.4 Å². The monoisotopic (exact) mass is 483 g/mol. The Morgan fingerprint density at radius 3 is 2.38 bits per heavy atom. The van der Waals surface area contributed by atoms with E-state index in [-0.39, 0.29) is 5.91 Å². The number of morpholine rings is 1. The lowest BCUT2D eigenvalue weighted by atomic mass is 9.98. The number of benzene rings is 1. The van der Waals surface area contributed by atoms with Gasteiger partial charge >= 0.3 is 0 Å². The minimum absolute atomic E-state index is 0.120. The smallest absolute Gasteiger partial charge is 0.226 e. The summed E-state index contributed by atoms with van der Waals surface area (Å²) >= 11 is 1.64. The molecule has 2 aliphatic rings. The standard InChI is InChI=1S/C28H41N3O2S/c32-27(29-25-13-8-6-4-2-1-3-5-7-9-14-25)20-26-22-34-28(30-26)24-12-10-11-23(19-24)21-31-15-17-33-18-16-31/h10-12,19,22,25H,1-9,13-18,20-21H2,(H,29,32). The second kappa shape index (κ2) is 14.0. The first-order valence-corrected chi connectivity index (χ1v) is 14.3. The number of nitrogens with one attached hydrogen (secondary N) is 1. The van der Waals surface area contributed by atoms with Crippen LogP contribution in [0.15, 0.2) is 29.6 Å². The van der Waals surface area contributed by atoms with E-state index in [4.69, 9.17) is 9.72 Å². The van der Waals surface area contributed by atoms with E-state index in [2.05, 4.69) is 34.5 Å². The van der Waals surface area contributed by atoms with Crippen molar-refractivity contribution in [3.63, 3.8) is 0 Å². The van der Waals surface area contributed by atoms with E-state index in [9.17, 15) is 4.79 Å². The molecule has 1 aliphatic carbocycles. The lowest BCUT2D eigenvalue weighted by Gasteiger charge is -2.26. The third-order valence-electron chi connectivity index (χ3n) is 7.05. The van der Waals surface area contributed by atoms with Gasteiger partial charge in [-0.15, -0.1) is 11.3 Å². The van der Waals surface area contributed by atoms with E-state index < -0.39 is 0 Å². The van der Waals surface area contributed by atoms with Gasteiger partial charge in [0.1, 0.15) is 5.01 Å². The van der Waals surface area contributed by atoms with Gasteiger partial charge in [-0.2, -0.15) is 0 Å². The van der Waals surface area contributed by atoms with Crippen molar-refractivity contribution in [2.75, 3.05) is 26.3 Å². The molecule has 0 atom stereocenters. The molecule has 1 N–H and O–H groups in total. The highest BCUT2D eigenvalue weighted by Gasteiger charge is 2.16. The number of thiazole rings is 1. The Kier molecular flexibility index (Phi) is 10.4. The number of aromatic nitrogens is 1. The van der Waals surface area contributed by atoms with Gasteiger partial charge in [-0.05, 0) is 24.5 Å². The van der Waals surface area contributed by atoms with Crippen LogP contribution in [-0.2, 0) is 22.5 Å². The molecule has 0 unspecified atom stereocenters.